The van der Waals surface area contributed by atoms with E-state index >= 15 is 0 Å². The lowest BCUT2D eigenvalue weighted by Crippen LogP contribution is -2.24. The molecule has 0 saturated heterocycles. The normalized spacial score (nSPS) is 9.14. The van der Waals surface area contributed by atoms with Gasteiger partial charge in [0.2, 0.25) is 0 Å². The molecule has 72 valence electrons. The lowest BCUT2D eigenvalue weighted by Gasteiger charge is -2.01. The number of halogens is 1. The van der Waals surface area contributed by atoms with E-state index in [-0.39, 0.29) is 12.3 Å². The number of pyridine rings is 1. The first kappa shape index (κ1) is 10.5. The molecule has 0 saturated carbocycles. The van der Waals surface area contributed by atoms with Gasteiger partial charge in [-0.05, 0) is 12.1 Å². The van der Waals surface area contributed by atoms with Crippen LogP contribution in [-0.4, -0.2) is 17.5 Å². The van der Waals surface area contributed by atoms with Gasteiger partial charge in [-0.1, -0.05) is 17.5 Å². The van der Waals surface area contributed by atoms with Crippen molar-refractivity contribution in [3.63, 3.8) is 0 Å². The molecule has 0 bridgehead atoms. The topological polar surface area (TPSA) is 51.2 Å². The monoisotopic (exact) mass is 210 g/mol. The van der Waals surface area contributed by atoms with Gasteiger partial charge in [-0.2, -0.15) is 0 Å². The molecule has 1 aromatic rings. The summed E-state index contributed by atoms with van der Waals surface area (Å²) >= 11 is 5.66. The predicted octanol–water partition coefficient (Wildman–Crippen LogP) is 1.03. The quantitative estimate of drug-likeness (QED) is 0.461. The molecule has 0 aliphatic rings. The van der Waals surface area contributed by atoms with Gasteiger partial charge in [-0.3, -0.25) is 14.6 Å². The van der Waals surface area contributed by atoms with E-state index in [2.05, 4.69) is 21.2 Å². The van der Waals surface area contributed by atoms with E-state index in [1.165, 1.54) is 12.3 Å². The van der Waals surface area contributed by atoms with Crippen LogP contribution >= 0.6 is 11.6 Å². The molecule has 0 aliphatic heterocycles. The van der Waals surface area contributed by atoms with E-state index in [9.17, 15) is 4.79 Å². The van der Waals surface area contributed by atoms with Crippen LogP contribution in [0.3, 0.4) is 0 Å². The Hall–Kier alpha value is -1.57. The van der Waals surface area contributed by atoms with Crippen LogP contribution in [0.15, 0.2) is 18.3 Å². The third-order valence-electron chi connectivity index (χ3n) is 1.27. The molecule has 1 heterocycles. The molecule has 0 aliphatic carbocycles. The highest BCUT2D eigenvalue weighted by atomic mass is 35.5. The zero-order valence-electron chi connectivity index (χ0n) is 7.16. The lowest BCUT2D eigenvalue weighted by atomic mass is 10.3. The summed E-state index contributed by atoms with van der Waals surface area (Å²) in [4.78, 5) is 19.7. The fourth-order valence-electron chi connectivity index (χ4n) is 0.725. The number of terminal acetylenes is 1. The van der Waals surface area contributed by atoms with Crippen LogP contribution in [0.25, 0.3) is 0 Å². The molecule has 0 aromatic carbocycles. The molecule has 0 atom stereocenters. The number of carbonyl (C=O) groups is 1. The van der Waals surface area contributed by atoms with Crippen molar-refractivity contribution in [2.45, 2.75) is 0 Å². The molecule has 0 fully saturated rings. The summed E-state index contributed by atoms with van der Waals surface area (Å²) in [6.45, 7) is 0.00626. The fraction of sp³-hybridized carbons (Fsp3) is 0.111. The average Bonchev–Trinajstić information content (AvgIpc) is 2.18. The van der Waals surface area contributed by atoms with E-state index in [4.69, 9.17) is 18.0 Å². The number of amides is 1. The smallest absolute Gasteiger partial charge is 0.265 e. The lowest BCUT2D eigenvalue weighted by molar-refractivity contribution is 0.0433. The van der Waals surface area contributed by atoms with Gasteiger partial charge >= 0.3 is 0 Å². The first-order valence-electron chi connectivity index (χ1n) is 3.71. The Balaban J connectivity index is 2.57. The van der Waals surface area contributed by atoms with E-state index in [0.29, 0.717) is 5.02 Å². The molecule has 14 heavy (non-hydrogen) atoms. The van der Waals surface area contributed by atoms with Crippen molar-refractivity contribution in [2.24, 2.45) is 0 Å². The number of carbonyl (C=O) groups excluding carboxylic acids is 1. The fourth-order valence-corrected chi connectivity index (χ4v) is 0.884. The van der Waals surface area contributed by atoms with Crippen molar-refractivity contribution in [2.75, 3.05) is 6.61 Å². The van der Waals surface area contributed by atoms with Gasteiger partial charge in [-0.15, -0.1) is 6.42 Å². The highest BCUT2D eigenvalue weighted by Crippen LogP contribution is 2.07. The maximum absolute atomic E-state index is 11.2. The van der Waals surface area contributed by atoms with Crippen LogP contribution in [0, 0.1) is 12.3 Å². The summed E-state index contributed by atoms with van der Waals surface area (Å²) in [5, 5.41) is 0.432. The van der Waals surface area contributed by atoms with E-state index in [1.54, 1.807) is 6.07 Å². The molecule has 5 heteroatoms. The molecular weight excluding hydrogens is 204 g/mol. The first-order valence-corrected chi connectivity index (χ1v) is 4.09. The molecule has 0 unspecified atom stereocenters. The zero-order valence-corrected chi connectivity index (χ0v) is 7.91. The van der Waals surface area contributed by atoms with Crippen molar-refractivity contribution in [1.29, 1.82) is 0 Å². The Morgan fingerprint density at radius 3 is 3.21 bits per heavy atom. The molecule has 1 amide bonds. The first-order chi connectivity index (χ1) is 6.74. The van der Waals surface area contributed by atoms with Gasteiger partial charge in [-0.25, -0.2) is 5.48 Å². The maximum atomic E-state index is 11.2. The minimum absolute atomic E-state index is 0.00626. The Labute approximate surface area is 86.2 Å². The summed E-state index contributed by atoms with van der Waals surface area (Å²) in [5.74, 6) is 1.72. The van der Waals surface area contributed by atoms with Crippen LogP contribution in [0.1, 0.15) is 10.5 Å². The van der Waals surface area contributed by atoms with Gasteiger partial charge in [0.25, 0.3) is 5.91 Å². The summed E-state index contributed by atoms with van der Waals surface area (Å²) in [7, 11) is 0. The Morgan fingerprint density at radius 2 is 2.57 bits per heavy atom. The molecule has 1 N–H and O–H groups in total. The third kappa shape index (κ3) is 3.05. The Morgan fingerprint density at radius 1 is 1.79 bits per heavy atom. The largest absolute Gasteiger partial charge is 0.293 e. The van der Waals surface area contributed by atoms with Crippen molar-refractivity contribution < 1.29 is 9.63 Å². The second-order valence-corrected chi connectivity index (χ2v) is 2.72. The highest BCUT2D eigenvalue weighted by Gasteiger charge is 2.06. The number of hydrogen-bond acceptors (Lipinski definition) is 3. The molecule has 4 nitrogen and oxygen atoms in total. The Kier molecular flexibility index (Phi) is 3.92. The average molecular weight is 211 g/mol. The van der Waals surface area contributed by atoms with E-state index < -0.39 is 5.91 Å². The third-order valence-corrected chi connectivity index (χ3v) is 1.51. The van der Waals surface area contributed by atoms with E-state index in [0.717, 1.165) is 0 Å². The van der Waals surface area contributed by atoms with Crippen LogP contribution in [0.4, 0.5) is 0 Å². The molecule has 0 spiro atoms. The zero-order chi connectivity index (χ0) is 10.4. The summed E-state index contributed by atoms with van der Waals surface area (Å²) in [6.07, 6.45) is 6.34. The number of hydrogen-bond donors (Lipinski definition) is 1. The van der Waals surface area contributed by atoms with Crippen molar-refractivity contribution in [1.82, 2.24) is 10.5 Å². The summed E-state index contributed by atoms with van der Waals surface area (Å²) < 4.78 is 0. The van der Waals surface area contributed by atoms with Crippen molar-refractivity contribution in [3.8, 4) is 12.3 Å². The SMILES string of the molecule is C#CCONC(=O)c1cc(Cl)ccn1. The number of aromatic nitrogens is 1. The number of rotatable bonds is 3. The van der Waals surface area contributed by atoms with Gasteiger partial charge in [0.15, 0.2) is 0 Å². The predicted molar refractivity (Wildman–Crippen MR) is 51.5 cm³/mol. The van der Waals surface area contributed by atoms with Crippen LogP contribution < -0.4 is 5.48 Å². The molecule has 1 rings (SSSR count). The molecule has 0 radical (unpaired) electrons. The van der Waals surface area contributed by atoms with Gasteiger partial charge < -0.3 is 0 Å². The Bertz CT molecular complexity index is 373. The van der Waals surface area contributed by atoms with Crippen LogP contribution in [0.5, 0.6) is 0 Å². The molecule has 1 aromatic heterocycles. The van der Waals surface area contributed by atoms with Crippen LogP contribution in [-0.2, 0) is 4.84 Å². The number of hydroxylamine groups is 1. The van der Waals surface area contributed by atoms with E-state index in [1.807, 2.05) is 0 Å². The minimum atomic E-state index is -0.484. The van der Waals surface area contributed by atoms with Crippen molar-refractivity contribution >= 4 is 17.5 Å². The summed E-state index contributed by atoms with van der Waals surface area (Å²) in [6, 6.07) is 3.00. The van der Waals surface area contributed by atoms with Gasteiger partial charge in [0.1, 0.15) is 12.3 Å². The minimum Gasteiger partial charge on any atom is -0.265 e. The second-order valence-electron chi connectivity index (χ2n) is 2.28. The number of nitrogens with one attached hydrogen (secondary N) is 1. The molecular formula is C9H7ClN2O2. The second kappa shape index (κ2) is 5.22. The highest BCUT2D eigenvalue weighted by molar-refractivity contribution is 6.30. The maximum Gasteiger partial charge on any atom is 0.293 e. The summed E-state index contributed by atoms with van der Waals surface area (Å²) in [5.41, 5.74) is 2.30. The van der Waals surface area contributed by atoms with Crippen molar-refractivity contribution in [3.05, 3.63) is 29.0 Å². The number of nitrogens with zero attached hydrogens (tertiary/aromatic N) is 1. The standard InChI is InChI=1S/C9H7ClN2O2/c1-2-5-14-12-9(13)8-6-7(10)3-4-11-8/h1,3-4,6H,5H2,(H,12,13). The van der Waals surface area contributed by atoms with Gasteiger partial charge in [0.05, 0.1) is 0 Å². The van der Waals surface area contributed by atoms with Crippen LogP contribution in [0.2, 0.25) is 5.02 Å². The van der Waals surface area contributed by atoms with Gasteiger partial charge in [0, 0.05) is 11.2 Å².